The monoisotopic (exact) mass is 1290 g/mol. The van der Waals surface area contributed by atoms with Crippen molar-refractivity contribution >= 4 is 20.8 Å². The van der Waals surface area contributed by atoms with Crippen molar-refractivity contribution in [2.45, 2.75) is 184 Å². The normalized spacial score (nSPS) is 48.3. The predicted octanol–water partition coefficient (Wildman–Crippen LogP) is -3.28. The number of ether oxygens (including phenoxy) is 26. The Labute approximate surface area is 499 Å². The van der Waals surface area contributed by atoms with Crippen molar-refractivity contribution in [2.24, 2.45) is 0 Å². The molecule has 30 atom stereocenters. The van der Waals surface area contributed by atoms with Gasteiger partial charge in [-0.05, 0) is 0 Å². The lowest BCUT2D eigenvalue weighted by molar-refractivity contribution is -0.408. The molecule has 34 nitrogen and oxygen atoms in total. The molecule has 500 valence electrons. The molecule has 21 heterocycles. The van der Waals surface area contributed by atoms with E-state index in [0.717, 1.165) is 0 Å². The molecule has 0 amide bonds. The summed E-state index contributed by atoms with van der Waals surface area (Å²) >= 11 is 0. The summed E-state index contributed by atoms with van der Waals surface area (Å²) in [4.78, 5) is 0. The van der Waals surface area contributed by atoms with Gasteiger partial charge < -0.3 is 123 Å². The van der Waals surface area contributed by atoms with E-state index in [0.29, 0.717) is 0 Å². The first kappa shape index (κ1) is 69.1. The molecule has 0 aromatic heterocycles. The van der Waals surface area contributed by atoms with Crippen molar-refractivity contribution in [1.29, 1.82) is 0 Å². The Morgan fingerprint density at radius 3 is 0.640 bits per heavy atom. The molecule has 0 radical (unpaired) electrons. The molecule has 0 unspecified atom stereocenters. The van der Waals surface area contributed by atoms with Crippen molar-refractivity contribution in [3.63, 3.8) is 0 Å². The second-order valence-electron chi connectivity index (χ2n) is 21.1. The zero-order valence-electron chi connectivity index (χ0n) is 50.3. The summed E-state index contributed by atoms with van der Waals surface area (Å²) in [7, 11) is 9.62. The quantitative estimate of drug-likeness (QED) is 0.146. The molecular formula is C50H84O34S2. The van der Waals surface area contributed by atoms with Crippen LogP contribution in [-0.2, 0) is 161 Å². The van der Waals surface area contributed by atoms with Gasteiger partial charge in [-0.15, -0.1) is 0 Å². The van der Waals surface area contributed by atoms with Gasteiger partial charge in [0.1, 0.15) is 146 Å². The molecule has 0 aromatic rings. The zero-order chi connectivity index (χ0) is 61.8. The Bertz CT molecular complexity index is 2290. The van der Waals surface area contributed by atoms with E-state index in [9.17, 15) is 16.8 Å². The molecule has 21 aliphatic rings. The second-order valence-corrected chi connectivity index (χ2v) is 23.7. The molecule has 21 fully saturated rings. The van der Waals surface area contributed by atoms with Crippen molar-refractivity contribution < 1.29 is 157 Å². The Morgan fingerprint density at radius 1 is 0.256 bits per heavy atom. The van der Waals surface area contributed by atoms with Gasteiger partial charge in [-0.25, -0.2) is 16.7 Å². The Balaban J connectivity index is 1.18. The minimum absolute atomic E-state index is 0.131. The molecule has 0 aromatic carbocycles. The number of hydrogen-bond acceptors (Lipinski definition) is 34. The minimum Gasteiger partial charge on any atom is -0.382 e. The van der Waals surface area contributed by atoms with E-state index < -0.39 is 231 Å². The van der Waals surface area contributed by atoms with E-state index >= 15 is 0 Å². The summed E-state index contributed by atoms with van der Waals surface area (Å²) in [6, 6.07) is 0. The molecule has 36 heteroatoms. The molecule has 0 spiro atoms. The van der Waals surface area contributed by atoms with Gasteiger partial charge in [0.05, 0.1) is 39.6 Å². The first-order valence-corrected chi connectivity index (χ1v) is 30.4. The van der Waals surface area contributed by atoms with E-state index in [-0.39, 0.29) is 13.2 Å². The third-order valence-corrected chi connectivity index (χ3v) is 18.4. The third kappa shape index (κ3) is 14.3. The van der Waals surface area contributed by atoms with E-state index in [1.807, 2.05) is 0 Å². The van der Waals surface area contributed by atoms with E-state index in [4.69, 9.17) is 140 Å². The van der Waals surface area contributed by atoms with E-state index in [1.165, 1.54) is 99.5 Å². The maximum absolute atomic E-state index is 13.9. The van der Waals surface area contributed by atoms with Crippen LogP contribution in [0.15, 0.2) is 0 Å². The maximum Gasteiger partial charge on any atom is 0.400 e. The lowest BCUT2D eigenvalue weighted by Crippen LogP contribution is -2.70. The highest BCUT2D eigenvalue weighted by Crippen LogP contribution is 2.43. The van der Waals surface area contributed by atoms with Crippen LogP contribution in [0.1, 0.15) is 0 Å². The number of rotatable bonds is 16. The van der Waals surface area contributed by atoms with Crippen LogP contribution in [0.25, 0.3) is 0 Å². The Morgan fingerprint density at radius 2 is 0.442 bits per heavy atom. The lowest BCUT2D eigenvalue weighted by atomic mass is 9.94. The van der Waals surface area contributed by atoms with Crippen LogP contribution in [0, 0.1) is 0 Å². The summed E-state index contributed by atoms with van der Waals surface area (Å²) in [6.07, 6.45) is -37.8. The van der Waals surface area contributed by atoms with Crippen molar-refractivity contribution in [1.82, 2.24) is 0 Å². The highest BCUT2D eigenvalue weighted by Gasteiger charge is 2.62. The number of methoxy groups -OCH3 is 14. The van der Waals surface area contributed by atoms with Crippen LogP contribution in [0.2, 0.25) is 0 Å². The second kappa shape index (κ2) is 30.6. The fraction of sp³-hybridized carbons (Fsp3) is 1.00. The largest absolute Gasteiger partial charge is 0.400 e. The molecule has 21 saturated heterocycles. The molecular weight excluding hydrogens is 1210 g/mol. The molecule has 21 rings (SSSR count). The standard InChI is InChI=1S/C50H84O34S2/c1-55-15-21-27-33(57-3)40(64-10)46(74-21)81-29-23-17-69-85(51,52)71-19-25-31(83-48(76-23)42(66-12)35(29)59-5)37(61-7)44(68-14)50(78-25)84-32-26-20-72-86(53,54)70-18-24-30(82-49(77-26)43(67-13)38(32)62-8)36(60-6)41(65-11)47(75-24)80-28-22(16-56-2)73-45(79-27)39(63-9)34(28)58-4/h21-50H,15-20H2,1-14H3/t21-,22-,23-,24-,25-,26-,27-,28-,29-,30-,31-,32-,33+,34+,35+,36+,37+,38+,39-,40-,41-,42-,43-,44-,45-,46-,47-,48-,49-,50-/m1/s1. The highest BCUT2D eigenvalue weighted by molar-refractivity contribution is 7.82. The third-order valence-electron chi connectivity index (χ3n) is 16.7. The summed E-state index contributed by atoms with van der Waals surface area (Å²) < 4.78 is 243. The topological polar surface area (TPSA) is 345 Å². The molecule has 16 bridgehead atoms. The van der Waals surface area contributed by atoms with Crippen molar-refractivity contribution in [3.05, 3.63) is 0 Å². The molecule has 21 aliphatic heterocycles. The van der Waals surface area contributed by atoms with Gasteiger partial charge in [-0.1, -0.05) is 0 Å². The Hall–Kier alpha value is -1.30. The van der Waals surface area contributed by atoms with Gasteiger partial charge in [-0.2, -0.15) is 16.8 Å². The van der Waals surface area contributed by atoms with Crippen LogP contribution in [-0.4, -0.2) is 340 Å². The highest BCUT2D eigenvalue weighted by atomic mass is 32.3. The van der Waals surface area contributed by atoms with Crippen LogP contribution in [0.3, 0.4) is 0 Å². The molecule has 0 saturated carbocycles. The van der Waals surface area contributed by atoms with Crippen LogP contribution >= 0.6 is 0 Å². The van der Waals surface area contributed by atoms with Crippen LogP contribution in [0.4, 0.5) is 0 Å². The van der Waals surface area contributed by atoms with Gasteiger partial charge in [0.25, 0.3) is 0 Å². The minimum atomic E-state index is -4.94. The van der Waals surface area contributed by atoms with Gasteiger partial charge in [0, 0.05) is 99.5 Å². The van der Waals surface area contributed by atoms with Gasteiger partial charge in [0.2, 0.25) is 0 Å². The summed E-state index contributed by atoms with van der Waals surface area (Å²) in [5.41, 5.74) is 0. The lowest BCUT2D eigenvalue weighted by Gasteiger charge is -2.53. The fourth-order valence-electron chi connectivity index (χ4n) is 12.7. The van der Waals surface area contributed by atoms with Gasteiger partial charge in [0.15, 0.2) is 37.7 Å². The molecule has 0 N–H and O–H groups in total. The van der Waals surface area contributed by atoms with Gasteiger partial charge in [-0.3, -0.25) is 0 Å². The first-order valence-electron chi connectivity index (χ1n) is 27.7. The molecule has 86 heavy (non-hydrogen) atoms. The van der Waals surface area contributed by atoms with Crippen molar-refractivity contribution in [2.75, 3.05) is 139 Å². The van der Waals surface area contributed by atoms with E-state index in [1.54, 1.807) is 0 Å². The summed E-state index contributed by atoms with van der Waals surface area (Å²) in [5.74, 6) is 0. The van der Waals surface area contributed by atoms with Crippen LogP contribution in [0.5, 0.6) is 0 Å². The Kier molecular flexibility index (Phi) is 24.6. The fourth-order valence-corrected chi connectivity index (χ4v) is 14.1. The zero-order valence-corrected chi connectivity index (χ0v) is 51.9. The summed E-state index contributed by atoms with van der Waals surface area (Å²) in [5, 5.41) is 0. The maximum atomic E-state index is 13.9. The molecule has 0 aliphatic carbocycles. The first-order chi connectivity index (χ1) is 41.5. The van der Waals surface area contributed by atoms with Crippen LogP contribution < -0.4 is 0 Å². The number of hydrogen-bond donors (Lipinski definition) is 0. The van der Waals surface area contributed by atoms with Crippen molar-refractivity contribution in [3.8, 4) is 0 Å². The average molecular weight is 1290 g/mol. The smallest absolute Gasteiger partial charge is 0.382 e. The SMILES string of the molecule is COC[C@H]1O[C@@H]2O[C@H]3[C@H](OC)[C@@H](OC)[C@H]4O[C@H]5[C@H](OC)[C@@H](OC)[C@@H](O[C@H]6[C@H](OC)[C@@H](OC)[C@H]7O[C@H]8[C@H](OC)[C@@H](OC)[C@@H](O[C@H]9[C@H](OC)[C@@H](OC)[C@@H](O[C@H]1[C@H](OC)[C@H]2OC)O[C@@H]9COC)O[C@@H]8COS(=O)(=O)OC[C@H]6O7)O[C@@H]5COS(=O)(=O)OC[C@H]3O4. The summed E-state index contributed by atoms with van der Waals surface area (Å²) in [6.45, 7) is -3.29. The predicted molar refractivity (Wildman–Crippen MR) is 276 cm³/mol. The van der Waals surface area contributed by atoms with E-state index in [2.05, 4.69) is 0 Å². The average Bonchev–Trinajstić information content (AvgIpc) is 1.20. The van der Waals surface area contributed by atoms with Gasteiger partial charge >= 0.3 is 20.8 Å².